The van der Waals surface area contributed by atoms with E-state index in [9.17, 15) is 4.79 Å². The average molecular weight is 240 g/mol. The van der Waals surface area contributed by atoms with Crippen LogP contribution in [-0.4, -0.2) is 63.7 Å². The molecule has 0 aliphatic carbocycles. The molecule has 0 spiro atoms. The molecule has 17 heavy (non-hydrogen) atoms. The summed E-state index contributed by atoms with van der Waals surface area (Å²) >= 11 is 0. The molecule has 1 aliphatic heterocycles. The van der Waals surface area contributed by atoms with Gasteiger partial charge >= 0.3 is 0 Å². The summed E-state index contributed by atoms with van der Waals surface area (Å²) < 4.78 is 5.43. The van der Waals surface area contributed by atoms with E-state index in [0.717, 1.165) is 12.8 Å². The van der Waals surface area contributed by atoms with Crippen molar-refractivity contribution in [1.82, 2.24) is 20.3 Å². The van der Waals surface area contributed by atoms with Gasteiger partial charge in [0, 0.05) is 13.1 Å². The van der Waals surface area contributed by atoms with E-state index in [1.54, 1.807) is 4.90 Å². The Hall–Kier alpha value is -1.47. The number of nitrogens with one attached hydrogen (secondary N) is 1. The summed E-state index contributed by atoms with van der Waals surface area (Å²) in [4.78, 5) is 13.7. The number of hydrogen-bond donors (Lipinski definition) is 2. The van der Waals surface area contributed by atoms with Crippen molar-refractivity contribution in [2.45, 2.75) is 18.9 Å². The van der Waals surface area contributed by atoms with Crippen molar-refractivity contribution in [1.29, 1.82) is 0 Å². The maximum absolute atomic E-state index is 11.9. The van der Waals surface area contributed by atoms with Gasteiger partial charge in [0.05, 0.1) is 25.5 Å². The van der Waals surface area contributed by atoms with Crippen LogP contribution in [0.1, 0.15) is 23.3 Å². The van der Waals surface area contributed by atoms with Crippen LogP contribution in [0.15, 0.2) is 6.20 Å². The lowest BCUT2D eigenvalue weighted by molar-refractivity contribution is -0.00564. The number of aliphatic hydroxyl groups excluding tert-OH is 1. The third-order valence-corrected chi connectivity index (χ3v) is 2.81. The molecule has 1 amide bonds. The second kappa shape index (κ2) is 5.74. The lowest BCUT2D eigenvalue weighted by Gasteiger charge is -2.31. The monoisotopic (exact) mass is 240 g/mol. The molecule has 1 saturated heterocycles. The van der Waals surface area contributed by atoms with Crippen molar-refractivity contribution < 1.29 is 14.6 Å². The maximum atomic E-state index is 11.9. The number of ether oxygens (including phenoxy) is 1. The van der Waals surface area contributed by atoms with Gasteiger partial charge in [0.1, 0.15) is 0 Å². The van der Waals surface area contributed by atoms with Crippen molar-refractivity contribution in [3.63, 3.8) is 0 Å². The number of hydrogen-bond acceptors (Lipinski definition) is 5. The van der Waals surface area contributed by atoms with Gasteiger partial charge in [-0.1, -0.05) is 0 Å². The van der Waals surface area contributed by atoms with Gasteiger partial charge in [0.15, 0.2) is 5.69 Å². The fourth-order valence-corrected chi connectivity index (χ4v) is 1.91. The van der Waals surface area contributed by atoms with E-state index in [0.29, 0.717) is 25.4 Å². The molecule has 2 N–H and O–H groups in total. The molecule has 0 saturated carbocycles. The number of aromatic nitrogens is 3. The lowest BCUT2D eigenvalue weighted by atomic mass is 10.1. The number of carbonyl (C=O) groups is 1. The van der Waals surface area contributed by atoms with Gasteiger partial charge in [-0.15, -0.1) is 0 Å². The van der Waals surface area contributed by atoms with E-state index >= 15 is 0 Å². The quantitative estimate of drug-likeness (QED) is 0.734. The molecular weight excluding hydrogens is 224 g/mol. The van der Waals surface area contributed by atoms with Crippen molar-refractivity contribution in [2.24, 2.45) is 0 Å². The summed E-state index contributed by atoms with van der Waals surface area (Å²) in [6.07, 6.45) is 3.16. The zero-order valence-electron chi connectivity index (χ0n) is 9.50. The molecule has 1 aliphatic rings. The summed E-state index contributed by atoms with van der Waals surface area (Å²) in [7, 11) is 0. The normalized spacial score (nSPS) is 17.4. The fraction of sp³-hybridized carbons (Fsp3) is 0.700. The van der Waals surface area contributed by atoms with Gasteiger partial charge < -0.3 is 14.7 Å². The Kier molecular flexibility index (Phi) is 4.05. The predicted octanol–water partition coefficient (Wildman–Crippen LogP) is -0.582. The van der Waals surface area contributed by atoms with E-state index < -0.39 is 0 Å². The van der Waals surface area contributed by atoms with Gasteiger partial charge in [0.2, 0.25) is 0 Å². The van der Waals surface area contributed by atoms with Crippen molar-refractivity contribution in [3.8, 4) is 0 Å². The standard InChI is InChI=1S/C10H16N4O3/c15-5-6-17-8-1-3-14(4-2-8)10(16)9-7-11-13-12-9/h7-8,15H,1-6H2,(H,11,12,13). The molecule has 2 rings (SSSR count). The van der Waals surface area contributed by atoms with Crippen molar-refractivity contribution in [2.75, 3.05) is 26.3 Å². The lowest BCUT2D eigenvalue weighted by Crippen LogP contribution is -2.41. The number of H-pyrrole nitrogens is 1. The summed E-state index contributed by atoms with van der Waals surface area (Å²) in [6.45, 7) is 1.71. The van der Waals surface area contributed by atoms with Crippen LogP contribution in [0, 0.1) is 0 Å². The number of nitrogens with zero attached hydrogens (tertiary/aromatic N) is 3. The summed E-state index contributed by atoms with van der Waals surface area (Å²) in [6, 6.07) is 0. The largest absolute Gasteiger partial charge is 0.394 e. The van der Waals surface area contributed by atoms with Gasteiger partial charge in [-0.25, -0.2) is 0 Å². The first-order chi connectivity index (χ1) is 8.31. The second-order valence-corrected chi connectivity index (χ2v) is 3.94. The minimum absolute atomic E-state index is 0.0398. The number of aromatic amines is 1. The average Bonchev–Trinajstić information content (AvgIpc) is 2.90. The van der Waals surface area contributed by atoms with Gasteiger partial charge in [-0.2, -0.15) is 15.4 Å². The summed E-state index contributed by atoms with van der Waals surface area (Å²) in [5.74, 6) is -0.0978. The van der Waals surface area contributed by atoms with Crippen LogP contribution in [0.5, 0.6) is 0 Å². The Balaban J connectivity index is 1.81. The Morgan fingerprint density at radius 2 is 2.35 bits per heavy atom. The molecule has 2 heterocycles. The van der Waals surface area contributed by atoms with E-state index in [1.165, 1.54) is 6.20 Å². The summed E-state index contributed by atoms with van der Waals surface area (Å²) in [5, 5.41) is 18.5. The molecule has 0 radical (unpaired) electrons. The van der Waals surface area contributed by atoms with Crippen LogP contribution in [0.3, 0.4) is 0 Å². The first kappa shape index (κ1) is 12.0. The van der Waals surface area contributed by atoms with Gasteiger partial charge in [-0.3, -0.25) is 4.79 Å². The number of aliphatic hydroxyl groups is 1. The number of amides is 1. The van der Waals surface area contributed by atoms with E-state index in [4.69, 9.17) is 9.84 Å². The number of likely N-dealkylation sites (tertiary alicyclic amines) is 1. The third-order valence-electron chi connectivity index (χ3n) is 2.81. The SMILES string of the molecule is O=C(c1cn[nH]n1)N1CCC(OCCO)CC1. The van der Waals surface area contributed by atoms with Crippen LogP contribution in [0.2, 0.25) is 0 Å². The Bertz CT molecular complexity index is 346. The Morgan fingerprint density at radius 1 is 1.59 bits per heavy atom. The van der Waals surface area contributed by atoms with Crippen molar-refractivity contribution in [3.05, 3.63) is 11.9 Å². The van der Waals surface area contributed by atoms with Gasteiger partial charge in [-0.05, 0) is 12.8 Å². The molecule has 94 valence electrons. The van der Waals surface area contributed by atoms with E-state index in [-0.39, 0.29) is 18.6 Å². The molecule has 0 unspecified atom stereocenters. The molecule has 0 atom stereocenters. The molecule has 7 heteroatoms. The first-order valence-corrected chi connectivity index (χ1v) is 5.68. The Morgan fingerprint density at radius 3 is 2.94 bits per heavy atom. The minimum Gasteiger partial charge on any atom is -0.394 e. The molecule has 7 nitrogen and oxygen atoms in total. The Labute approximate surface area is 98.8 Å². The third kappa shape index (κ3) is 3.01. The maximum Gasteiger partial charge on any atom is 0.276 e. The van der Waals surface area contributed by atoms with Gasteiger partial charge in [0.25, 0.3) is 5.91 Å². The highest BCUT2D eigenvalue weighted by Crippen LogP contribution is 2.15. The van der Waals surface area contributed by atoms with Crippen LogP contribution in [-0.2, 0) is 4.74 Å². The molecule has 1 aromatic rings. The zero-order valence-corrected chi connectivity index (χ0v) is 9.50. The molecule has 0 bridgehead atoms. The molecule has 1 fully saturated rings. The van der Waals surface area contributed by atoms with E-state index in [2.05, 4.69) is 15.4 Å². The first-order valence-electron chi connectivity index (χ1n) is 5.68. The van der Waals surface area contributed by atoms with E-state index in [1.807, 2.05) is 0 Å². The fourth-order valence-electron chi connectivity index (χ4n) is 1.91. The summed E-state index contributed by atoms with van der Waals surface area (Å²) in [5.41, 5.74) is 0.347. The number of piperidine rings is 1. The minimum atomic E-state index is -0.0978. The molecule has 1 aromatic heterocycles. The topological polar surface area (TPSA) is 91.3 Å². The smallest absolute Gasteiger partial charge is 0.276 e. The molecular formula is C10H16N4O3. The highest BCUT2D eigenvalue weighted by atomic mass is 16.5. The highest BCUT2D eigenvalue weighted by Gasteiger charge is 2.25. The van der Waals surface area contributed by atoms with Crippen LogP contribution >= 0.6 is 0 Å². The zero-order chi connectivity index (χ0) is 12.1. The van der Waals surface area contributed by atoms with Crippen molar-refractivity contribution >= 4 is 5.91 Å². The van der Waals surface area contributed by atoms with Crippen LogP contribution in [0.25, 0.3) is 0 Å². The molecule has 0 aromatic carbocycles. The predicted molar refractivity (Wildman–Crippen MR) is 58.3 cm³/mol. The second-order valence-electron chi connectivity index (χ2n) is 3.94. The number of rotatable bonds is 4. The van der Waals surface area contributed by atoms with Crippen LogP contribution < -0.4 is 0 Å². The number of carbonyl (C=O) groups excluding carboxylic acids is 1. The van der Waals surface area contributed by atoms with Crippen LogP contribution in [0.4, 0.5) is 0 Å². The highest BCUT2D eigenvalue weighted by molar-refractivity contribution is 5.91.